The van der Waals surface area contributed by atoms with Gasteiger partial charge in [-0.2, -0.15) is 0 Å². The molecule has 0 aromatic rings. The van der Waals surface area contributed by atoms with Gasteiger partial charge in [0, 0.05) is 4.83 Å². The van der Waals surface area contributed by atoms with Crippen LogP contribution in [0.25, 0.3) is 0 Å². The maximum atomic E-state index is 3.71. The van der Waals surface area contributed by atoms with Gasteiger partial charge in [0.25, 0.3) is 0 Å². The molecule has 0 fully saturated rings. The second-order valence-corrected chi connectivity index (χ2v) is 6.35. The molecule has 0 radical (unpaired) electrons. The van der Waals surface area contributed by atoms with Crippen LogP contribution in [0.2, 0.25) is 0 Å². The van der Waals surface area contributed by atoms with E-state index in [-0.39, 0.29) is 0 Å². The molecule has 0 aromatic heterocycles. The summed E-state index contributed by atoms with van der Waals surface area (Å²) in [6.45, 7) is 11.6. The van der Waals surface area contributed by atoms with Crippen LogP contribution in [0, 0.1) is 17.8 Å². The highest BCUT2D eigenvalue weighted by atomic mass is 79.9. The molecule has 0 aromatic carbocycles. The Balaban J connectivity index is 3.70. The van der Waals surface area contributed by atoms with E-state index in [1.54, 1.807) is 0 Å². The van der Waals surface area contributed by atoms with E-state index in [1.165, 1.54) is 19.3 Å². The third kappa shape index (κ3) is 6.54. The van der Waals surface area contributed by atoms with Gasteiger partial charge in [-0.15, -0.1) is 0 Å². The maximum Gasteiger partial charge on any atom is 0.0148 e. The van der Waals surface area contributed by atoms with Crippen molar-refractivity contribution in [2.24, 2.45) is 17.8 Å². The molecule has 0 aliphatic carbocycles. The molecule has 0 aliphatic heterocycles. The first kappa shape index (κ1) is 13.5. The molecule has 0 amide bonds. The molecular formula is C12H25Br. The lowest BCUT2D eigenvalue weighted by Crippen LogP contribution is -2.17. The molecule has 0 N–H and O–H groups in total. The predicted molar refractivity (Wildman–Crippen MR) is 65.4 cm³/mol. The topological polar surface area (TPSA) is 0 Å². The standard InChI is InChI=1S/C12H25Br/c1-9(2)7-6-8-12(10(3)4)11(5)13/h9-12H,6-8H2,1-5H3. The summed E-state index contributed by atoms with van der Waals surface area (Å²) < 4.78 is 0. The van der Waals surface area contributed by atoms with E-state index >= 15 is 0 Å². The summed E-state index contributed by atoms with van der Waals surface area (Å²) in [6.07, 6.45) is 4.14. The van der Waals surface area contributed by atoms with Crippen molar-refractivity contribution in [3.63, 3.8) is 0 Å². The van der Waals surface area contributed by atoms with Crippen LogP contribution in [0.1, 0.15) is 53.9 Å². The molecular weight excluding hydrogens is 224 g/mol. The molecule has 0 aliphatic rings. The Morgan fingerprint density at radius 1 is 0.923 bits per heavy atom. The molecule has 13 heavy (non-hydrogen) atoms. The van der Waals surface area contributed by atoms with Gasteiger partial charge in [0.05, 0.1) is 0 Å². The molecule has 0 saturated heterocycles. The van der Waals surface area contributed by atoms with E-state index in [9.17, 15) is 0 Å². The van der Waals surface area contributed by atoms with Gasteiger partial charge in [-0.05, 0) is 24.2 Å². The SMILES string of the molecule is CC(C)CCCC(C(C)C)C(C)Br. The zero-order valence-electron chi connectivity index (χ0n) is 9.81. The Hall–Kier alpha value is 0.480. The van der Waals surface area contributed by atoms with Gasteiger partial charge in [-0.25, -0.2) is 0 Å². The molecule has 80 valence electrons. The van der Waals surface area contributed by atoms with Crippen molar-refractivity contribution in [1.82, 2.24) is 0 Å². The molecule has 2 atom stereocenters. The van der Waals surface area contributed by atoms with Crippen molar-refractivity contribution in [3.8, 4) is 0 Å². The van der Waals surface area contributed by atoms with Crippen molar-refractivity contribution in [2.75, 3.05) is 0 Å². The molecule has 0 heterocycles. The van der Waals surface area contributed by atoms with Crippen LogP contribution in [-0.2, 0) is 0 Å². The fourth-order valence-corrected chi connectivity index (χ4v) is 2.73. The van der Waals surface area contributed by atoms with Crippen LogP contribution >= 0.6 is 15.9 Å². The second-order valence-electron chi connectivity index (χ2n) is 4.91. The Morgan fingerprint density at radius 2 is 1.46 bits per heavy atom. The predicted octanol–water partition coefficient (Wildman–Crippen LogP) is 4.87. The van der Waals surface area contributed by atoms with E-state index < -0.39 is 0 Å². The van der Waals surface area contributed by atoms with Gasteiger partial charge in [0.2, 0.25) is 0 Å². The van der Waals surface area contributed by atoms with Gasteiger partial charge >= 0.3 is 0 Å². The summed E-state index contributed by atoms with van der Waals surface area (Å²) in [7, 11) is 0. The number of halogens is 1. The van der Waals surface area contributed by atoms with Crippen LogP contribution in [-0.4, -0.2) is 4.83 Å². The highest BCUT2D eigenvalue weighted by molar-refractivity contribution is 9.09. The lowest BCUT2D eigenvalue weighted by atomic mass is 9.87. The summed E-state index contributed by atoms with van der Waals surface area (Å²) in [5.41, 5.74) is 0. The summed E-state index contributed by atoms with van der Waals surface area (Å²) in [5, 5.41) is 0. The molecule has 0 bridgehead atoms. The number of hydrogen-bond acceptors (Lipinski definition) is 0. The van der Waals surface area contributed by atoms with Gasteiger partial charge in [0.15, 0.2) is 0 Å². The Kier molecular flexibility index (Phi) is 7.12. The van der Waals surface area contributed by atoms with E-state index in [2.05, 4.69) is 50.5 Å². The average molecular weight is 249 g/mol. The first-order valence-electron chi connectivity index (χ1n) is 5.59. The van der Waals surface area contributed by atoms with Gasteiger partial charge in [0.1, 0.15) is 0 Å². The number of hydrogen-bond donors (Lipinski definition) is 0. The van der Waals surface area contributed by atoms with Crippen molar-refractivity contribution >= 4 is 15.9 Å². The third-order valence-electron chi connectivity index (χ3n) is 2.77. The fraction of sp³-hybridized carbons (Fsp3) is 1.00. The minimum atomic E-state index is 0.666. The summed E-state index contributed by atoms with van der Waals surface area (Å²) >= 11 is 3.71. The van der Waals surface area contributed by atoms with E-state index in [0.717, 1.165) is 17.8 Å². The van der Waals surface area contributed by atoms with Gasteiger partial charge in [-0.3, -0.25) is 0 Å². The zero-order chi connectivity index (χ0) is 10.4. The van der Waals surface area contributed by atoms with E-state index in [1.807, 2.05) is 0 Å². The largest absolute Gasteiger partial charge is 0.0891 e. The van der Waals surface area contributed by atoms with Crippen LogP contribution in [0.4, 0.5) is 0 Å². The zero-order valence-corrected chi connectivity index (χ0v) is 11.4. The first-order chi connectivity index (χ1) is 5.95. The lowest BCUT2D eigenvalue weighted by molar-refractivity contribution is 0.340. The summed E-state index contributed by atoms with van der Waals surface area (Å²) in [6, 6.07) is 0. The Labute approximate surface area is 92.6 Å². The van der Waals surface area contributed by atoms with Gasteiger partial charge in [-0.1, -0.05) is 63.4 Å². The number of alkyl halides is 1. The Bertz CT molecular complexity index is 108. The molecule has 0 saturated carbocycles. The van der Waals surface area contributed by atoms with Crippen LogP contribution in [0.5, 0.6) is 0 Å². The first-order valence-corrected chi connectivity index (χ1v) is 6.50. The molecule has 0 rings (SSSR count). The van der Waals surface area contributed by atoms with Crippen molar-refractivity contribution in [1.29, 1.82) is 0 Å². The Morgan fingerprint density at radius 3 is 1.77 bits per heavy atom. The van der Waals surface area contributed by atoms with E-state index in [4.69, 9.17) is 0 Å². The average Bonchev–Trinajstić information content (AvgIpc) is 1.95. The third-order valence-corrected chi connectivity index (χ3v) is 3.44. The van der Waals surface area contributed by atoms with Crippen LogP contribution in [0.3, 0.4) is 0 Å². The highest BCUT2D eigenvalue weighted by Crippen LogP contribution is 2.27. The van der Waals surface area contributed by atoms with Crippen molar-refractivity contribution in [2.45, 2.75) is 58.7 Å². The van der Waals surface area contributed by atoms with Crippen LogP contribution in [0.15, 0.2) is 0 Å². The molecule has 2 unspecified atom stereocenters. The highest BCUT2D eigenvalue weighted by Gasteiger charge is 2.17. The molecule has 0 spiro atoms. The van der Waals surface area contributed by atoms with Crippen molar-refractivity contribution in [3.05, 3.63) is 0 Å². The normalized spacial score (nSPS) is 16.6. The van der Waals surface area contributed by atoms with E-state index in [0.29, 0.717) is 4.83 Å². The second kappa shape index (κ2) is 6.86. The minimum Gasteiger partial charge on any atom is -0.0891 e. The van der Waals surface area contributed by atoms with Crippen LogP contribution < -0.4 is 0 Å². The van der Waals surface area contributed by atoms with Gasteiger partial charge < -0.3 is 0 Å². The molecule has 1 heteroatoms. The maximum absolute atomic E-state index is 3.71. The minimum absolute atomic E-state index is 0.666. The monoisotopic (exact) mass is 248 g/mol. The van der Waals surface area contributed by atoms with Crippen molar-refractivity contribution < 1.29 is 0 Å². The lowest BCUT2D eigenvalue weighted by Gasteiger charge is -2.23. The fourth-order valence-electron chi connectivity index (χ4n) is 1.86. The number of rotatable bonds is 6. The molecule has 0 nitrogen and oxygen atoms in total. The summed E-state index contributed by atoms with van der Waals surface area (Å²) in [4.78, 5) is 0.666. The summed E-state index contributed by atoms with van der Waals surface area (Å²) in [5.74, 6) is 2.51. The smallest absolute Gasteiger partial charge is 0.0148 e. The quantitative estimate of drug-likeness (QED) is 0.589.